The van der Waals surface area contributed by atoms with E-state index in [1.807, 2.05) is 18.2 Å². The zero-order valence-electron chi connectivity index (χ0n) is 31.9. The molecule has 0 spiro atoms. The van der Waals surface area contributed by atoms with Crippen molar-refractivity contribution in [2.45, 2.75) is 81.7 Å². The second-order valence-corrected chi connectivity index (χ2v) is 15.8. The number of carbonyl (C=O) groups is 3. The number of aryl methyl sites for hydroxylation is 1. The molecule has 7 heterocycles. The number of nitrogens with zero attached hydrogens (tertiary/aromatic N) is 8. The predicted octanol–water partition coefficient (Wildman–Crippen LogP) is 2.79. The summed E-state index contributed by atoms with van der Waals surface area (Å²) in [5.74, 6) is -0.492. The molecule has 3 amide bonds. The highest BCUT2D eigenvalue weighted by Gasteiger charge is 2.40. The van der Waals surface area contributed by atoms with Crippen LogP contribution in [0.15, 0.2) is 47.7 Å². The van der Waals surface area contributed by atoms with Crippen LogP contribution in [-0.4, -0.2) is 97.7 Å². The number of hydrogen-bond donors (Lipinski definition) is 3. The molecule has 4 saturated heterocycles. The Morgan fingerprint density at radius 1 is 1.10 bits per heavy atom. The third-order valence-electron chi connectivity index (χ3n) is 12.3. The number of amides is 3. The molecular weight excluding hydrogens is 756 g/mol. The highest BCUT2D eigenvalue weighted by molar-refractivity contribution is 6.24. The highest BCUT2D eigenvalue weighted by Crippen LogP contribution is 2.37. The van der Waals surface area contributed by atoms with Crippen LogP contribution in [-0.2, 0) is 30.9 Å². The molecule has 5 aliphatic rings. The SMILES string of the molecule is Cn1c(=O)n(C2CCC(=O)NC2=O)c2cccc(N3CC(OCC4CCC(n5cc(NC(=O)/C(=C/N)c6nccc(N7C[C@H]8C[C@@H]7CO8)n6)c(C(F)F)n5)CC4)C3)c21. The molecule has 19 heteroatoms. The molecule has 5 fully saturated rings. The topological polar surface area (TPSA) is 197 Å². The first-order valence-corrected chi connectivity index (χ1v) is 19.8. The van der Waals surface area contributed by atoms with Gasteiger partial charge in [0, 0.05) is 58.3 Å². The molecule has 0 radical (unpaired) electrons. The van der Waals surface area contributed by atoms with Gasteiger partial charge in [-0.25, -0.2) is 23.5 Å². The van der Waals surface area contributed by atoms with Crippen LogP contribution in [0.2, 0.25) is 0 Å². The highest BCUT2D eigenvalue weighted by atomic mass is 19.3. The number of nitrogens with two attached hydrogens (primary N) is 1. The molecule has 58 heavy (non-hydrogen) atoms. The van der Waals surface area contributed by atoms with Gasteiger partial charge < -0.3 is 30.3 Å². The van der Waals surface area contributed by atoms with Gasteiger partial charge >= 0.3 is 5.69 Å². The van der Waals surface area contributed by atoms with Crippen molar-refractivity contribution < 1.29 is 32.6 Å². The lowest BCUT2D eigenvalue weighted by Gasteiger charge is -2.42. The molecule has 9 rings (SSSR count). The number of imidazole rings is 1. The Kier molecular flexibility index (Phi) is 9.95. The van der Waals surface area contributed by atoms with E-state index in [1.54, 1.807) is 23.9 Å². The Hall–Kier alpha value is -5.69. The lowest BCUT2D eigenvalue weighted by molar-refractivity contribution is -0.135. The monoisotopic (exact) mass is 801 g/mol. The number of benzene rings is 1. The summed E-state index contributed by atoms with van der Waals surface area (Å²) < 4.78 is 45.0. The molecule has 4 aromatic rings. The number of alkyl halides is 2. The maximum Gasteiger partial charge on any atom is 0.329 e. The van der Waals surface area contributed by atoms with E-state index in [1.165, 1.54) is 15.4 Å². The summed E-state index contributed by atoms with van der Waals surface area (Å²) >= 11 is 0. The summed E-state index contributed by atoms with van der Waals surface area (Å²) in [5, 5.41) is 9.15. The second-order valence-electron chi connectivity index (χ2n) is 15.8. The number of fused-ring (bicyclic) bond motifs is 3. The Bertz CT molecular complexity index is 2340. The number of carbonyl (C=O) groups excluding carboxylic acids is 3. The third-order valence-corrected chi connectivity index (χ3v) is 12.3. The van der Waals surface area contributed by atoms with Gasteiger partial charge in [-0.15, -0.1) is 0 Å². The van der Waals surface area contributed by atoms with Crippen LogP contribution in [0.25, 0.3) is 16.6 Å². The maximum absolute atomic E-state index is 14.2. The van der Waals surface area contributed by atoms with Gasteiger partial charge in [-0.2, -0.15) is 5.10 Å². The molecule has 1 aromatic carbocycles. The molecule has 3 atom stereocenters. The largest absolute Gasteiger partial charge is 0.404 e. The second kappa shape index (κ2) is 15.2. The quantitative estimate of drug-likeness (QED) is 0.149. The number of hydrogen-bond acceptors (Lipinski definition) is 12. The summed E-state index contributed by atoms with van der Waals surface area (Å²) in [5.41, 5.74) is 7.13. The van der Waals surface area contributed by atoms with Gasteiger partial charge in [-0.1, -0.05) is 6.07 Å². The minimum absolute atomic E-state index is 0.00151. The average Bonchev–Trinajstić information content (AvgIpc) is 4.00. The van der Waals surface area contributed by atoms with E-state index in [9.17, 15) is 28.0 Å². The lowest BCUT2D eigenvalue weighted by Crippen LogP contribution is -2.53. The molecule has 17 nitrogen and oxygen atoms in total. The number of imide groups is 1. The fourth-order valence-corrected chi connectivity index (χ4v) is 9.10. The van der Waals surface area contributed by atoms with Crippen LogP contribution in [0.5, 0.6) is 0 Å². The first-order chi connectivity index (χ1) is 28.1. The number of piperidine rings is 1. The molecule has 306 valence electrons. The maximum atomic E-state index is 14.2. The number of rotatable bonds is 11. The summed E-state index contributed by atoms with van der Waals surface area (Å²) in [7, 11) is 1.69. The summed E-state index contributed by atoms with van der Waals surface area (Å²) in [6, 6.07) is 6.73. The van der Waals surface area contributed by atoms with E-state index < -0.39 is 30.0 Å². The zero-order chi connectivity index (χ0) is 40.2. The number of ether oxygens (including phenoxy) is 2. The van der Waals surface area contributed by atoms with Crippen LogP contribution in [0, 0.1) is 5.92 Å². The van der Waals surface area contributed by atoms with Crippen LogP contribution in [0.1, 0.15) is 75.0 Å². The van der Waals surface area contributed by atoms with Crippen LogP contribution >= 0.6 is 0 Å². The van der Waals surface area contributed by atoms with E-state index >= 15 is 0 Å². The minimum Gasteiger partial charge on any atom is -0.404 e. The van der Waals surface area contributed by atoms with Crippen molar-refractivity contribution in [3.63, 3.8) is 0 Å². The van der Waals surface area contributed by atoms with Gasteiger partial charge in [0.05, 0.1) is 58.9 Å². The fraction of sp³-hybridized carbons (Fsp3) is 0.513. The van der Waals surface area contributed by atoms with Crippen molar-refractivity contribution in [1.82, 2.24) is 34.2 Å². The number of nitrogens with one attached hydrogen (secondary N) is 2. The molecule has 1 saturated carbocycles. The van der Waals surface area contributed by atoms with Gasteiger partial charge in [-0.05, 0) is 62.6 Å². The van der Waals surface area contributed by atoms with Gasteiger partial charge in [0.15, 0.2) is 11.5 Å². The fourth-order valence-electron chi connectivity index (χ4n) is 9.10. The smallest absolute Gasteiger partial charge is 0.329 e. The molecule has 2 bridgehead atoms. The normalized spacial score (nSPS) is 25.2. The van der Waals surface area contributed by atoms with Gasteiger partial charge in [0.1, 0.15) is 11.9 Å². The van der Waals surface area contributed by atoms with Crippen molar-refractivity contribution in [1.29, 1.82) is 0 Å². The van der Waals surface area contributed by atoms with E-state index in [0.717, 1.165) is 36.7 Å². The van der Waals surface area contributed by atoms with Crippen molar-refractivity contribution >= 4 is 51.5 Å². The minimum atomic E-state index is -2.91. The Morgan fingerprint density at radius 2 is 1.91 bits per heavy atom. The number of anilines is 3. The van der Waals surface area contributed by atoms with Crippen LogP contribution < -0.4 is 31.9 Å². The summed E-state index contributed by atoms with van der Waals surface area (Å²) in [6.45, 7) is 3.14. The average molecular weight is 802 g/mol. The number of para-hydroxylation sites is 1. The molecular formula is C39H45F2N11O6. The first-order valence-electron chi connectivity index (χ1n) is 19.8. The van der Waals surface area contributed by atoms with E-state index in [0.29, 0.717) is 57.0 Å². The Morgan fingerprint density at radius 3 is 2.62 bits per heavy atom. The van der Waals surface area contributed by atoms with E-state index in [2.05, 4.69) is 35.5 Å². The van der Waals surface area contributed by atoms with Gasteiger partial charge in [0.25, 0.3) is 12.3 Å². The third kappa shape index (κ3) is 6.88. The van der Waals surface area contributed by atoms with E-state index in [4.69, 9.17) is 15.2 Å². The van der Waals surface area contributed by atoms with Crippen LogP contribution in [0.4, 0.5) is 26.0 Å². The van der Waals surface area contributed by atoms with Crippen molar-refractivity contribution in [2.24, 2.45) is 18.7 Å². The first kappa shape index (κ1) is 37.9. The molecule has 1 unspecified atom stereocenters. The zero-order valence-corrected chi connectivity index (χ0v) is 31.9. The number of halogens is 2. The van der Waals surface area contributed by atoms with E-state index in [-0.39, 0.29) is 71.7 Å². The van der Waals surface area contributed by atoms with Crippen molar-refractivity contribution in [3.05, 3.63) is 64.9 Å². The summed E-state index contributed by atoms with van der Waals surface area (Å²) in [6.07, 6.45) is 5.73. The molecule has 3 aromatic heterocycles. The van der Waals surface area contributed by atoms with Gasteiger partial charge in [0.2, 0.25) is 11.8 Å². The molecule has 4 N–H and O–H groups in total. The summed E-state index contributed by atoms with van der Waals surface area (Å²) in [4.78, 5) is 64.2. The van der Waals surface area contributed by atoms with Crippen molar-refractivity contribution in [2.75, 3.05) is 48.0 Å². The number of aromatic nitrogens is 6. The molecule has 4 aliphatic heterocycles. The standard InChI is InChI=1S/C39H45F2N11O6/c1-48-34-28(3-2-4-29(34)52(39(48)56)30-9-10-32(53)46-38(30)55)49-15-25(16-49)57-19-21-5-7-22(8-6-21)51-18-27(33(47-51)35(40)41)44-37(54)26(14-42)36-43-12-11-31(45-36)50-17-24-13-23(50)20-58-24/h2-4,11-12,14,18,21-25,30,35H,5-10,13,15-17,19-20,42H2,1H3,(H,44,54)(H,46,53,55)/b26-14+/t21?,22?,23-,24-,30?/m1/s1. The predicted molar refractivity (Wildman–Crippen MR) is 207 cm³/mol. The Labute approximate surface area is 331 Å². The molecule has 1 aliphatic carbocycles. The lowest BCUT2D eigenvalue weighted by atomic mass is 9.86. The van der Waals surface area contributed by atoms with Crippen molar-refractivity contribution in [3.8, 4) is 0 Å². The van der Waals surface area contributed by atoms with Gasteiger partial charge in [-0.3, -0.25) is 33.5 Å². The number of morpholine rings is 1. The Balaban J connectivity index is 0.787. The van der Waals surface area contributed by atoms with Crippen LogP contribution in [0.3, 0.4) is 0 Å².